The van der Waals surface area contributed by atoms with Gasteiger partial charge in [0, 0.05) is 62.3 Å². The molecule has 4 heterocycles. The number of anilines is 5. The first-order valence-corrected chi connectivity index (χ1v) is 16.9. The van der Waals surface area contributed by atoms with Crippen molar-refractivity contribution in [3.05, 3.63) is 77.6 Å². The number of halogens is 4. The lowest BCUT2D eigenvalue weighted by Crippen LogP contribution is -2.53. The van der Waals surface area contributed by atoms with E-state index in [2.05, 4.69) is 55.1 Å². The fourth-order valence-corrected chi connectivity index (χ4v) is 6.19. The van der Waals surface area contributed by atoms with Crippen LogP contribution in [0.15, 0.2) is 67.0 Å². The van der Waals surface area contributed by atoms with Crippen LogP contribution in [0.2, 0.25) is 5.02 Å². The van der Waals surface area contributed by atoms with Crippen LogP contribution in [0.4, 0.5) is 46.9 Å². The molecule has 51 heavy (non-hydrogen) atoms. The minimum atomic E-state index is -5.08. The third-order valence-corrected chi connectivity index (χ3v) is 8.92. The Labute approximate surface area is 297 Å². The maximum atomic E-state index is 12.8. The normalized spacial score (nSPS) is 16.0. The number of carboxylic acids is 1. The minimum Gasteiger partial charge on any atom is -0.493 e. The van der Waals surface area contributed by atoms with E-state index in [-0.39, 0.29) is 6.03 Å². The molecule has 7 rings (SSSR count). The van der Waals surface area contributed by atoms with E-state index in [1.165, 1.54) is 12.8 Å². The Balaban J connectivity index is 0.000000582. The number of aromatic nitrogens is 3. The van der Waals surface area contributed by atoms with Gasteiger partial charge in [0.1, 0.15) is 16.6 Å². The molecular weight excluding hydrogens is 689 g/mol. The van der Waals surface area contributed by atoms with E-state index in [4.69, 9.17) is 31.2 Å². The lowest BCUT2D eigenvalue weighted by atomic mass is 10.0. The number of piperazine rings is 1. The molecule has 12 nitrogen and oxygen atoms in total. The topological polar surface area (TPSA) is 145 Å². The molecule has 4 aromatic rings. The highest BCUT2D eigenvalue weighted by molar-refractivity contribution is 6.32. The van der Waals surface area contributed by atoms with Crippen LogP contribution in [0.3, 0.4) is 0 Å². The number of nitrogens with zero attached hydrogens (tertiary/aromatic N) is 5. The van der Waals surface area contributed by atoms with Crippen LogP contribution < -0.4 is 25.6 Å². The van der Waals surface area contributed by atoms with Gasteiger partial charge in [-0.3, -0.25) is 0 Å². The molecule has 4 N–H and O–H groups in total. The fraction of sp³-hybridized carbons (Fsp3) is 0.343. The summed E-state index contributed by atoms with van der Waals surface area (Å²) in [5.74, 6) is -0.144. The molecule has 1 saturated carbocycles. The van der Waals surface area contributed by atoms with Crippen LogP contribution in [0.5, 0.6) is 5.75 Å². The summed E-state index contributed by atoms with van der Waals surface area (Å²) >= 11 is 6.42. The van der Waals surface area contributed by atoms with Gasteiger partial charge in [-0.05, 0) is 65.9 Å². The second-order valence-electron chi connectivity index (χ2n) is 12.3. The lowest BCUT2D eigenvalue weighted by molar-refractivity contribution is -0.192. The molecule has 6 bridgehead atoms. The van der Waals surface area contributed by atoms with Crippen molar-refractivity contribution in [3.63, 3.8) is 0 Å². The minimum absolute atomic E-state index is 0.0605. The van der Waals surface area contributed by atoms with Crippen molar-refractivity contribution >= 4 is 52.6 Å². The van der Waals surface area contributed by atoms with Crippen molar-refractivity contribution < 1.29 is 32.6 Å². The molecule has 0 radical (unpaired) electrons. The summed E-state index contributed by atoms with van der Waals surface area (Å²) in [6.45, 7) is 3.35. The number of carbonyl (C=O) groups excluding carboxylic acids is 1. The molecule has 2 amide bonds. The van der Waals surface area contributed by atoms with E-state index in [9.17, 15) is 18.0 Å². The molecule has 2 fully saturated rings. The standard InChI is InChI=1S/C33H35ClN8O2.C2HF3O2/c34-29-21-36-32-38-27-17-22(9-15-44-28-7-3-6-26(20-28)37-31(29)40-32)16-24(18-27)23-8-10-35-30(19-23)41-11-13-42(14-12-41)33(43)39-25-4-1-2-5-25;3-2(4,5)1(6)7/h3,6-8,10,16-21,25H,1-2,4-5,9,11-15H2,(H,39,43)(H2,36,37,38,40);(H,6,7). The number of hydrogen-bond acceptors (Lipinski definition) is 9. The second kappa shape index (κ2) is 15.7. The predicted molar refractivity (Wildman–Crippen MR) is 187 cm³/mol. The number of aliphatic carboxylic acids is 1. The van der Waals surface area contributed by atoms with Crippen molar-refractivity contribution in [2.45, 2.75) is 44.3 Å². The Morgan fingerprint density at radius 1 is 0.941 bits per heavy atom. The molecule has 0 atom stereocenters. The summed E-state index contributed by atoms with van der Waals surface area (Å²) in [6.07, 6.45) is 3.66. The average molecular weight is 725 g/mol. The Kier molecular flexibility index (Phi) is 10.9. The summed E-state index contributed by atoms with van der Waals surface area (Å²) in [5, 5.41) is 17.4. The highest BCUT2D eigenvalue weighted by Gasteiger charge is 2.38. The van der Waals surface area contributed by atoms with Crippen molar-refractivity contribution in [2.75, 3.05) is 48.3 Å². The molecule has 16 heteroatoms. The number of carbonyl (C=O) groups is 2. The second-order valence-corrected chi connectivity index (χ2v) is 12.7. The summed E-state index contributed by atoms with van der Waals surface area (Å²) in [6, 6.07) is 18.7. The van der Waals surface area contributed by atoms with Gasteiger partial charge < -0.3 is 35.6 Å². The highest BCUT2D eigenvalue weighted by Crippen LogP contribution is 2.31. The van der Waals surface area contributed by atoms with E-state index in [0.29, 0.717) is 42.5 Å². The average Bonchev–Trinajstić information content (AvgIpc) is 3.63. The molecule has 268 valence electrons. The summed E-state index contributed by atoms with van der Waals surface area (Å²) in [7, 11) is 0. The number of urea groups is 1. The summed E-state index contributed by atoms with van der Waals surface area (Å²) < 4.78 is 37.8. The first-order valence-electron chi connectivity index (χ1n) is 16.5. The summed E-state index contributed by atoms with van der Waals surface area (Å²) in [4.78, 5) is 39.6. The first-order chi connectivity index (χ1) is 24.5. The van der Waals surface area contributed by atoms with Gasteiger partial charge in [-0.2, -0.15) is 18.2 Å². The van der Waals surface area contributed by atoms with Crippen LogP contribution in [0.1, 0.15) is 31.2 Å². The van der Waals surface area contributed by atoms with Crippen molar-refractivity contribution in [3.8, 4) is 16.9 Å². The number of rotatable bonds is 3. The third-order valence-electron chi connectivity index (χ3n) is 8.64. The number of fused-ring (bicyclic) bond motifs is 6. The Morgan fingerprint density at radius 2 is 1.71 bits per heavy atom. The number of alkyl halides is 3. The van der Waals surface area contributed by atoms with Gasteiger partial charge in [-0.25, -0.2) is 19.6 Å². The third kappa shape index (κ3) is 9.48. The quantitative estimate of drug-likeness (QED) is 0.174. The molecule has 1 saturated heterocycles. The highest BCUT2D eigenvalue weighted by atomic mass is 35.5. The zero-order valence-corrected chi connectivity index (χ0v) is 28.2. The number of benzene rings is 2. The number of amides is 2. The molecule has 2 aromatic heterocycles. The van der Waals surface area contributed by atoms with Crippen molar-refractivity contribution in [1.29, 1.82) is 0 Å². The van der Waals surface area contributed by atoms with Gasteiger partial charge in [-0.1, -0.05) is 36.6 Å². The van der Waals surface area contributed by atoms with Gasteiger partial charge in [0.2, 0.25) is 5.95 Å². The molecule has 0 unspecified atom stereocenters. The van der Waals surface area contributed by atoms with E-state index in [0.717, 1.165) is 72.0 Å². The molecule has 2 aromatic carbocycles. The Hall–Kier alpha value is -5.31. The van der Waals surface area contributed by atoms with Crippen LogP contribution in [-0.2, 0) is 11.2 Å². The fourth-order valence-electron chi connectivity index (χ4n) is 6.05. The zero-order valence-electron chi connectivity index (χ0n) is 27.4. The molecule has 0 spiro atoms. The van der Waals surface area contributed by atoms with Gasteiger partial charge in [0.05, 0.1) is 12.8 Å². The SMILES string of the molecule is O=C(NC1CCCC1)N1CCN(c2cc(-c3cc4cc(c3)Nc3ncc(Cl)c(n3)Nc3cccc(c3)OCC4)ccn2)CC1.O=C(O)C(F)(F)F. The monoisotopic (exact) mass is 724 g/mol. The maximum Gasteiger partial charge on any atom is 0.490 e. The van der Waals surface area contributed by atoms with E-state index in [1.54, 1.807) is 6.20 Å². The molecule has 2 aliphatic heterocycles. The lowest BCUT2D eigenvalue weighted by Gasteiger charge is -2.36. The number of carboxylic acid groups (broad SMARTS) is 1. The van der Waals surface area contributed by atoms with Gasteiger partial charge >= 0.3 is 18.2 Å². The predicted octanol–water partition coefficient (Wildman–Crippen LogP) is 7.02. The van der Waals surface area contributed by atoms with Gasteiger partial charge in [0.15, 0.2) is 5.82 Å². The Morgan fingerprint density at radius 3 is 2.45 bits per heavy atom. The Bertz CT molecular complexity index is 1870. The number of hydrogen-bond donors (Lipinski definition) is 4. The van der Waals surface area contributed by atoms with Crippen molar-refractivity contribution in [2.24, 2.45) is 0 Å². The van der Waals surface area contributed by atoms with Crippen LogP contribution >= 0.6 is 11.6 Å². The molecular formula is C35H36ClF3N8O4. The number of pyridine rings is 1. The van der Waals surface area contributed by atoms with Gasteiger partial charge in [-0.15, -0.1) is 0 Å². The van der Waals surface area contributed by atoms with Crippen molar-refractivity contribution in [1.82, 2.24) is 25.2 Å². The smallest absolute Gasteiger partial charge is 0.490 e. The molecule has 1 aliphatic carbocycles. The number of nitrogens with one attached hydrogen (secondary N) is 3. The number of ether oxygens (including phenoxy) is 1. The van der Waals surface area contributed by atoms with Crippen LogP contribution in [0.25, 0.3) is 11.1 Å². The zero-order chi connectivity index (χ0) is 36.0. The largest absolute Gasteiger partial charge is 0.493 e. The van der Waals surface area contributed by atoms with E-state index >= 15 is 0 Å². The molecule has 3 aliphatic rings. The van der Waals surface area contributed by atoms with E-state index in [1.807, 2.05) is 41.4 Å². The van der Waals surface area contributed by atoms with Gasteiger partial charge in [0.25, 0.3) is 0 Å². The van der Waals surface area contributed by atoms with Crippen LogP contribution in [-0.4, -0.2) is 82.0 Å². The summed E-state index contributed by atoms with van der Waals surface area (Å²) in [5.41, 5.74) is 4.90. The van der Waals surface area contributed by atoms with Crippen LogP contribution in [0, 0.1) is 0 Å². The van der Waals surface area contributed by atoms with E-state index < -0.39 is 12.1 Å². The maximum absolute atomic E-state index is 12.8. The first kappa shape index (κ1) is 35.5.